The van der Waals surface area contributed by atoms with Crippen LogP contribution in [0.4, 0.5) is 13.2 Å². The average molecular weight is 375 g/mol. The molecule has 0 aromatic heterocycles. The number of rotatable bonds is 4. The number of aliphatic carboxylic acids is 1. The second-order valence-electron chi connectivity index (χ2n) is 6.44. The van der Waals surface area contributed by atoms with Crippen LogP contribution in [0.25, 0.3) is 0 Å². The van der Waals surface area contributed by atoms with E-state index >= 15 is 0 Å². The molecule has 2 rings (SSSR count). The topological polar surface area (TPSA) is 87.1 Å². The normalized spacial score (nSPS) is 17.1. The Morgan fingerprint density at radius 2 is 1.69 bits per heavy atom. The largest absolute Gasteiger partial charge is 0.481 e. The highest BCUT2D eigenvalue weighted by Crippen LogP contribution is 2.38. The number of likely N-dealkylation sites (tertiary alicyclic amines) is 1. The lowest BCUT2D eigenvalue weighted by Gasteiger charge is -2.39. The standard InChI is InChI=1S/C17H20F3NO5/c1-10-7-12(8-11(2)14(10)26-9-13(22)23)15(24)21-5-3-16(25,4-6-21)17(18,19)20/h7-8,25H,3-6,9H2,1-2H3,(H,22,23). The predicted octanol–water partition coefficient (Wildman–Crippen LogP) is 2.30. The van der Waals surface area contributed by atoms with Crippen molar-refractivity contribution in [2.24, 2.45) is 0 Å². The zero-order valence-electron chi connectivity index (χ0n) is 14.4. The molecular weight excluding hydrogens is 355 g/mol. The maximum absolute atomic E-state index is 12.8. The third kappa shape index (κ3) is 4.09. The van der Waals surface area contributed by atoms with Gasteiger partial charge in [-0.2, -0.15) is 13.2 Å². The summed E-state index contributed by atoms with van der Waals surface area (Å²) in [6.07, 6.45) is -5.86. The fourth-order valence-corrected chi connectivity index (χ4v) is 2.98. The molecule has 1 fully saturated rings. The van der Waals surface area contributed by atoms with Crippen LogP contribution in [0.3, 0.4) is 0 Å². The Labute approximate surface area is 148 Å². The smallest absolute Gasteiger partial charge is 0.417 e. The Morgan fingerprint density at radius 3 is 2.12 bits per heavy atom. The Hall–Kier alpha value is -2.29. The first-order valence-electron chi connectivity index (χ1n) is 7.99. The molecule has 1 aliphatic rings. The number of piperidine rings is 1. The molecule has 1 aromatic rings. The van der Waals surface area contributed by atoms with Gasteiger partial charge in [0.25, 0.3) is 5.91 Å². The molecule has 2 N–H and O–H groups in total. The molecule has 0 radical (unpaired) electrons. The van der Waals surface area contributed by atoms with E-state index in [0.29, 0.717) is 16.9 Å². The molecule has 6 nitrogen and oxygen atoms in total. The molecule has 9 heteroatoms. The number of hydrogen-bond donors (Lipinski definition) is 2. The van der Waals surface area contributed by atoms with Gasteiger partial charge in [0.15, 0.2) is 12.2 Å². The summed E-state index contributed by atoms with van der Waals surface area (Å²) < 4.78 is 43.7. The zero-order chi connectivity index (χ0) is 19.7. The fraction of sp³-hybridized carbons (Fsp3) is 0.529. The van der Waals surface area contributed by atoms with Crippen molar-refractivity contribution < 1.29 is 37.7 Å². The van der Waals surface area contributed by atoms with Crippen molar-refractivity contribution in [3.8, 4) is 5.75 Å². The Balaban J connectivity index is 2.12. The monoisotopic (exact) mass is 375 g/mol. The van der Waals surface area contributed by atoms with Gasteiger partial charge >= 0.3 is 12.1 Å². The molecule has 0 spiro atoms. The van der Waals surface area contributed by atoms with E-state index in [9.17, 15) is 27.9 Å². The van der Waals surface area contributed by atoms with Gasteiger partial charge in [0.1, 0.15) is 5.75 Å². The summed E-state index contributed by atoms with van der Waals surface area (Å²) in [7, 11) is 0. The lowest BCUT2D eigenvalue weighted by molar-refractivity contribution is -0.271. The first-order valence-corrected chi connectivity index (χ1v) is 7.99. The van der Waals surface area contributed by atoms with Crippen LogP contribution in [0.15, 0.2) is 12.1 Å². The maximum atomic E-state index is 12.8. The van der Waals surface area contributed by atoms with Gasteiger partial charge in [0.2, 0.25) is 0 Å². The summed E-state index contributed by atoms with van der Waals surface area (Å²) in [6, 6.07) is 3.02. The minimum absolute atomic E-state index is 0.204. The van der Waals surface area contributed by atoms with Gasteiger partial charge in [-0.1, -0.05) is 0 Å². The molecule has 1 saturated heterocycles. The number of ether oxygens (including phenoxy) is 1. The van der Waals surface area contributed by atoms with Crippen LogP contribution in [-0.2, 0) is 4.79 Å². The molecular formula is C17H20F3NO5. The number of amides is 1. The highest BCUT2D eigenvalue weighted by molar-refractivity contribution is 5.95. The summed E-state index contributed by atoms with van der Waals surface area (Å²) in [5.74, 6) is -1.21. The number of carboxylic acid groups (broad SMARTS) is 1. The molecule has 1 aromatic carbocycles. The van der Waals surface area contributed by atoms with Gasteiger partial charge in [-0.25, -0.2) is 4.79 Å². The van der Waals surface area contributed by atoms with Gasteiger partial charge in [0, 0.05) is 31.5 Å². The van der Waals surface area contributed by atoms with Crippen LogP contribution in [0.1, 0.15) is 34.3 Å². The Morgan fingerprint density at radius 1 is 1.19 bits per heavy atom. The molecule has 0 bridgehead atoms. The van der Waals surface area contributed by atoms with Crippen molar-refractivity contribution >= 4 is 11.9 Å². The number of carboxylic acids is 1. The number of aliphatic hydroxyl groups is 1. The van der Waals surface area contributed by atoms with E-state index in [0.717, 1.165) is 0 Å². The van der Waals surface area contributed by atoms with Crippen LogP contribution >= 0.6 is 0 Å². The lowest BCUT2D eigenvalue weighted by atomic mass is 9.90. The van der Waals surface area contributed by atoms with Crippen LogP contribution < -0.4 is 4.74 Å². The van der Waals surface area contributed by atoms with Gasteiger partial charge in [-0.3, -0.25) is 4.79 Å². The minimum atomic E-state index is -4.72. The van der Waals surface area contributed by atoms with Gasteiger partial charge < -0.3 is 19.8 Å². The van der Waals surface area contributed by atoms with Crippen LogP contribution in [0, 0.1) is 13.8 Å². The molecule has 0 unspecified atom stereocenters. The summed E-state index contributed by atoms with van der Waals surface area (Å²) in [5.41, 5.74) is -1.37. The molecule has 0 aliphatic carbocycles. The minimum Gasteiger partial charge on any atom is -0.481 e. The molecule has 144 valence electrons. The molecule has 0 atom stereocenters. The van der Waals surface area contributed by atoms with Gasteiger partial charge in [-0.15, -0.1) is 0 Å². The molecule has 1 amide bonds. The summed E-state index contributed by atoms with van der Waals surface area (Å²) in [5, 5.41) is 18.4. The fourth-order valence-electron chi connectivity index (χ4n) is 2.98. The van der Waals surface area contributed by atoms with E-state index in [1.165, 1.54) is 17.0 Å². The number of carbonyl (C=O) groups excluding carboxylic acids is 1. The van der Waals surface area contributed by atoms with E-state index in [4.69, 9.17) is 9.84 Å². The second-order valence-corrected chi connectivity index (χ2v) is 6.44. The summed E-state index contributed by atoms with van der Waals surface area (Å²) in [4.78, 5) is 24.5. The number of alkyl halides is 3. The van der Waals surface area contributed by atoms with E-state index in [1.807, 2.05) is 0 Å². The summed E-state index contributed by atoms with van der Waals surface area (Å²) >= 11 is 0. The van der Waals surface area contributed by atoms with E-state index in [-0.39, 0.29) is 18.7 Å². The predicted molar refractivity (Wildman–Crippen MR) is 85.2 cm³/mol. The lowest BCUT2D eigenvalue weighted by Crippen LogP contribution is -2.54. The number of halogens is 3. The van der Waals surface area contributed by atoms with Gasteiger partial charge in [0.05, 0.1) is 0 Å². The van der Waals surface area contributed by atoms with Crippen molar-refractivity contribution in [2.75, 3.05) is 19.7 Å². The van der Waals surface area contributed by atoms with Crippen molar-refractivity contribution in [2.45, 2.75) is 38.5 Å². The first-order chi connectivity index (χ1) is 11.9. The number of aryl methyl sites for hydroxylation is 2. The Bertz CT molecular complexity index is 686. The second kappa shape index (κ2) is 7.14. The van der Waals surface area contributed by atoms with E-state index in [1.54, 1.807) is 13.8 Å². The van der Waals surface area contributed by atoms with E-state index in [2.05, 4.69) is 0 Å². The molecule has 26 heavy (non-hydrogen) atoms. The first kappa shape index (κ1) is 20.0. The van der Waals surface area contributed by atoms with Crippen molar-refractivity contribution in [1.29, 1.82) is 0 Å². The number of benzene rings is 1. The van der Waals surface area contributed by atoms with Crippen LogP contribution in [0.2, 0.25) is 0 Å². The Kier molecular flexibility index (Phi) is 5.50. The third-order valence-corrected chi connectivity index (χ3v) is 4.45. The molecule has 1 aliphatic heterocycles. The van der Waals surface area contributed by atoms with Crippen molar-refractivity contribution in [3.63, 3.8) is 0 Å². The molecule has 1 heterocycles. The van der Waals surface area contributed by atoms with Crippen LogP contribution in [0.5, 0.6) is 5.75 Å². The highest BCUT2D eigenvalue weighted by Gasteiger charge is 2.54. The molecule has 0 saturated carbocycles. The zero-order valence-corrected chi connectivity index (χ0v) is 14.4. The average Bonchev–Trinajstić information content (AvgIpc) is 2.52. The quantitative estimate of drug-likeness (QED) is 0.843. The van der Waals surface area contributed by atoms with Crippen molar-refractivity contribution in [3.05, 3.63) is 28.8 Å². The van der Waals surface area contributed by atoms with Crippen molar-refractivity contribution in [1.82, 2.24) is 4.90 Å². The highest BCUT2D eigenvalue weighted by atomic mass is 19.4. The number of nitrogens with zero attached hydrogens (tertiary/aromatic N) is 1. The number of carbonyl (C=O) groups is 2. The third-order valence-electron chi connectivity index (χ3n) is 4.45. The summed E-state index contributed by atoms with van der Waals surface area (Å²) in [6.45, 7) is 2.38. The number of hydrogen-bond acceptors (Lipinski definition) is 4. The SMILES string of the molecule is Cc1cc(C(=O)N2CCC(O)(C(F)(F)F)CC2)cc(C)c1OCC(=O)O. The van der Waals surface area contributed by atoms with Gasteiger partial charge in [-0.05, 0) is 37.1 Å². The van der Waals surface area contributed by atoms with Crippen LogP contribution in [-0.4, -0.2) is 58.5 Å². The van der Waals surface area contributed by atoms with E-state index < -0.39 is 43.1 Å². The maximum Gasteiger partial charge on any atom is 0.417 e.